The first-order chi connectivity index (χ1) is 13.0. The van der Waals surface area contributed by atoms with E-state index in [0.29, 0.717) is 28.8 Å². The predicted octanol–water partition coefficient (Wildman–Crippen LogP) is 2.70. The molecule has 0 bridgehead atoms. The lowest BCUT2D eigenvalue weighted by Gasteiger charge is -2.33. The molecule has 2 N–H and O–H groups in total. The fourth-order valence-electron chi connectivity index (χ4n) is 3.18. The van der Waals surface area contributed by atoms with Crippen LogP contribution in [0, 0.1) is 6.92 Å². The topological polar surface area (TPSA) is 87.2 Å². The molecule has 1 aliphatic heterocycles. The van der Waals surface area contributed by atoms with E-state index in [1.54, 1.807) is 31.2 Å². The molecule has 27 heavy (non-hydrogen) atoms. The van der Waals surface area contributed by atoms with Gasteiger partial charge < -0.3 is 10.6 Å². The molecule has 2 amide bonds. The number of carbonyl (C=O) groups is 2. The normalized spacial score (nSPS) is 17.5. The highest BCUT2D eigenvalue weighted by molar-refractivity contribution is 7.13. The van der Waals surface area contributed by atoms with Crippen LogP contribution < -0.4 is 10.6 Å². The number of hydrogen-bond donors (Lipinski definition) is 2. The van der Waals surface area contributed by atoms with Crippen molar-refractivity contribution in [3.8, 4) is 0 Å². The maximum absolute atomic E-state index is 12.3. The second kappa shape index (κ2) is 9.05. The van der Waals surface area contributed by atoms with Crippen LogP contribution in [0.25, 0.3) is 0 Å². The van der Waals surface area contributed by atoms with E-state index in [1.165, 1.54) is 30.6 Å². The molecule has 2 heterocycles. The van der Waals surface area contributed by atoms with Crippen molar-refractivity contribution in [3.63, 3.8) is 0 Å². The number of carbonyl (C=O) groups excluding carboxylic acids is 2. The Morgan fingerprint density at radius 2 is 1.96 bits per heavy atom. The summed E-state index contributed by atoms with van der Waals surface area (Å²) in [6.45, 7) is 6.67. The second-order valence-electron chi connectivity index (χ2n) is 6.79. The third-order valence-corrected chi connectivity index (χ3v) is 5.59. The van der Waals surface area contributed by atoms with Gasteiger partial charge in [0.15, 0.2) is 0 Å². The highest BCUT2D eigenvalue weighted by Crippen LogP contribution is 2.16. The maximum atomic E-state index is 12.3. The first kappa shape index (κ1) is 19.4. The van der Waals surface area contributed by atoms with Gasteiger partial charge in [-0.25, -0.2) is 0 Å². The molecule has 0 saturated carbocycles. The molecule has 0 aliphatic carbocycles. The van der Waals surface area contributed by atoms with E-state index < -0.39 is 0 Å². The Bertz CT molecular complexity index is 790. The number of nitrogens with zero attached hydrogens (tertiary/aromatic N) is 3. The summed E-state index contributed by atoms with van der Waals surface area (Å²) in [5.41, 5.74) is 1.19. The third-order valence-electron chi connectivity index (χ3n) is 4.75. The van der Waals surface area contributed by atoms with Crippen molar-refractivity contribution in [2.45, 2.75) is 39.2 Å². The summed E-state index contributed by atoms with van der Waals surface area (Å²) < 4.78 is 0. The lowest BCUT2D eigenvalue weighted by Crippen LogP contribution is -2.42. The molecule has 7 nitrogen and oxygen atoms in total. The molecule has 1 fully saturated rings. The van der Waals surface area contributed by atoms with Crippen LogP contribution in [0.5, 0.6) is 0 Å². The van der Waals surface area contributed by atoms with Crippen LogP contribution in [-0.4, -0.2) is 52.6 Å². The number of rotatable bonds is 6. The van der Waals surface area contributed by atoms with Crippen LogP contribution in [0.1, 0.15) is 51.4 Å². The summed E-state index contributed by atoms with van der Waals surface area (Å²) >= 11 is 1.24. The predicted molar refractivity (Wildman–Crippen MR) is 106 cm³/mol. The molecule has 8 heteroatoms. The minimum absolute atomic E-state index is 0.0997. The summed E-state index contributed by atoms with van der Waals surface area (Å²) in [5, 5.41) is 14.5. The monoisotopic (exact) mass is 387 g/mol. The Morgan fingerprint density at radius 3 is 2.63 bits per heavy atom. The lowest BCUT2D eigenvalue weighted by molar-refractivity contribution is 0.0938. The number of benzene rings is 1. The number of hydrogen-bond acceptors (Lipinski definition) is 6. The number of likely N-dealkylation sites (tertiary alicyclic amines) is 1. The van der Waals surface area contributed by atoms with E-state index in [4.69, 9.17) is 0 Å². The van der Waals surface area contributed by atoms with Crippen molar-refractivity contribution < 1.29 is 9.59 Å². The molecular formula is C19H25N5O2S. The fraction of sp³-hybridized carbons (Fsp3) is 0.474. The van der Waals surface area contributed by atoms with E-state index >= 15 is 0 Å². The minimum Gasteiger partial charge on any atom is -0.351 e. The van der Waals surface area contributed by atoms with Gasteiger partial charge in [-0.05, 0) is 57.5 Å². The van der Waals surface area contributed by atoms with Crippen molar-refractivity contribution in [1.29, 1.82) is 0 Å². The van der Waals surface area contributed by atoms with Gasteiger partial charge in [0.05, 0.1) is 0 Å². The van der Waals surface area contributed by atoms with E-state index in [1.807, 2.05) is 0 Å². The van der Waals surface area contributed by atoms with Crippen molar-refractivity contribution in [2.75, 3.05) is 25.0 Å². The van der Waals surface area contributed by atoms with Crippen LogP contribution in [0.2, 0.25) is 0 Å². The zero-order valence-electron chi connectivity index (χ0n) is 15.7. The fourth-order valence-corrected chi connectivity index (χ4v) is 3.77. The molecular weight excluding hydrogens is 362 g/mol. The molecule has 2 aromatic rings. The Labute approximate surface area is 163 Å². The minimum atomic E-state index is -0.298. The van der Waals surface area contributed by atoms with Gasteiger partial charge in [-0.15, -0.1) is 10.2 Å². The zero-order chi connectivity index (χ0) is 19.2. The first-order valence-electron chi connectivity index (χ1n) is 9.26. The number of anilines is 1. The maximum Gasteiger partial charge on any atom is 0.286 e. The van der Waals surface area contributed by atoms with Gasteiger partial charge in [0.25, 0.3) is 11.8 Å². The molecule has 1 aromatic heterocycles. The van der Waals surface area contributed by atoms with Crippen LogP contribution in [-0.2, 0) is 0 Å². The Hall–Kier alpha value is -2.32. The van der Waals surface area contributed by atoms with Gasteiger partial charge in [0.1, 0.15) is 5.01 Å². The molecule has 1 aromatic carbocycles. The number of aromatic nitrogens is 2. The Kier molecular flexibility index (Phi) is 6.52. The average molecular weight is 388 g/mol. The molecule has 3 rings (SSSR count). The molecule has 0 radical (unpaired) electrons. The smallest absolute Gasteiger partial charge is 0.286 e. The van der Waals surface area contributed by atoms with Gasteiger partial charge in [-0.3, -0.25) is 14.5 Å². The number of nitrogens with one attached hydrogen (secondary N) is 2. The molecule has 1 aliphatic rings. The molecule has 0 unspecified atom stereocenters. The van der Waals surface area contributed by atoms with E-state index in [2.05, 4.69) is 32.7 Å². The van der Waals surface area contributed by atoms with Crippen LogP contribution in [0.15, 0.2) is 24.3 Å². The highest BCUT2D eigenvalue weighted by Gasteiger charge is 2.18. The SMILES string of the molecule is Cc1nnc(C(=O)Nc2ccc(C(=O)NCCN3CCCC[C@H]3C)cc2)s1. The van der Waals surface area contributed by atoms with Crippen molar-refractivity contribution in [2.24, 2.45) is 0 Å². The van der Waals surface area contributed by atoms with Crippen LogP contribution >= 0.6 is 11.3 Å². The van der Waals surface area contributed by atoms with Gasteiger partial charge in [0.2, 0.25) is 5.01 Å². The zero-order valence-corrected chi connectivity index (χ0v) is 16.5. The molecule has 1 saturated heterocycles. The quantitative estimate of drug-likeness (QED) is 0.796. The number of amides is 2. The largest absolute Gasteiger partial charge is 0.351 e. The average Bonchev–Trinajstić information content (AvgIpc) is 3.10. The summed E-state index contributed by atoms with van der Waals surface area (Å²) in [7, 11) is 0. The van der Waals surface area contributed by atoms with E-state index in [-0.39, 0.29) is 11.8 Å². The van der Waals surface area contributed by atoms with Crippen molar-refractivity contribution >= 4 is 28.8 Å². The van der Waals surface area contributed by atoms with Gasteiger partial charge in [-0.2, -0.15) is 0 Å². The van der Waals surface area contributed by atoms with E-state index in [9.17, 15) is 9.59 Å². The Morgan fingerprint density at radius 1 is 1.19 bits per heavy atom. The van der Waals surface area contributed by atoms with Gasteiger partial charge >= 0.3 is 0 Å². The van der Waals surface area contributed by atoms with Crippen LogP contribution in [0.3, 0.4) is 0 Å². The van der Waals surface area contributed by atoms with Gasteiger partial charge in [0, 0.05) is 30.4 Å². The molecule has 0 spiro atoms. The molecule has 1 atom stereocenters. The first-order valence-corrected chi connectivity index (χ1v) is 10.1. The van der Waals surface area contributed by atoms with E-state index in [0.717, 1.165) is 18.1 Å². The summed E-state index contributed by atoms with van der Waals surface area (Å²) in [6.07, 6.45) is 3.77. The van der Waals surface area contributed by atoms with Crippen molar-refractivity contribution in [1.82, 2.24) is 20.4 Å². The summed E-state index contributed by atoms with van der Waals surface area (Å²) in [6, 6.07) is 7.44. The highest BCUT2D eigenvalue weighted by atomic mass is 32.1. The standard InChI is InChI=1S/C19H25N5O2S/c1-13-5-3-4-11-24(13)12-10-20-17(25)15-6-8-16(9-7-15)21-18(26)19-23-22-14(2)27-19/h6-9,13H,3-5,10-12H2,1-2H3,(H,20,25)(H,21,26)/t13-/m1/s1. The number of aryl methyl sites for hydroxylation is 1. The second-order valence-corrected chi connectivity index (χ2v) is 7.98. The van der Waals surface area contributed by atoms with Gasteiger partial charge in [-0.1, -0.05) is 17.8 Å². The van der Waals surface area contributed by atoms with Crippen molar-refractivity contribution in [3.05, 3.63) is 39.8 Å². The molecule has 144 valence electrons. The summed E-state index contributed by atoms with van der Waals surface area (Å²) in [4.78, 5) is 26.8. The number of piperidine rings is 1. The third kappa shape index (κ3) is 5.33. The summed E-state index contributed by atoms with van der Waals surface area (Å²) in [5.74, 6) is -0.397. The van der Waals surface area contributed by atoms with Crippen LogP contribution in [0.4, 0.5) is 5.69 Å². The Balaban J connectivity index is 1.47. The lowest BCUT2D eigenvalue weighted by atomic mass is 10.0.